The summed E-state index contributed by atoms with van der Waals surface area (Å²) in [7, 11) is 0. The fraction of sp³-hybridized carbons (Fsp3) is 0.500. The maximum absolute atomic E-state index is 10.9. The Morgan fingerprint density at radius 2 is 2.15 bits per heavy atom. The van der Waals surface area contributed by atoms with Crippen molar-refractivity contribution >= 4 is 16.6 Å². The summed E-state index contributed by atoms with van der Waals surface area (Å²) in [6.07, 6.45) is 4.18. The van der Waals surface area contributed by atoms with E-state index in [-0.39, 0.29) is 10.6 Å². The highest BCUT2D eigenvalue weighted by Crippen LogP contribution is 2.22. The molecule has 3 rings (SSSR count). The highest BCUT2D eigenvalue weighted by molar-refractivity contribution is 5.80. The van der Waals surface area contributed by atoms with E-state index in [9.17, 15) is 10.1 Å². The maximum atomic E-state index is 10.9. The van der Waals surface area contributed by atoms with Gasteiger partial charge in [-0.2, -0.15) is 5.10 Å². The summed E-state index contributed by atoms with van der Waals surface area (Å²) in [5, 5.41) is 16.2. The van der Waals surface area contributed by atoms with E-state index < -0.39 is 0 Å². The standard InChI is InChI=1S/C14H18N4O2/c1-11-4-6-16(7-5-11)10-17-14-8-13(18(19)20)3-2-12(14)9-15-17/h2-3,8-9,11H,4-7,10H2,1H3. The van der Waals surface area contributed by atoms with Crippen LogP contribution in [0.3, 0.4) is 0 Å². The zero-order valence-corrected chi connectivity index (χ0v) is 11.5. The van der Waals surface area contributed by atoms with Crippen molar-refractivity contribution in [2.45, 2.75) is 26.4 Å². The van der Waals surface area contributed by atoms with Crippen LogP contribution in [0.5, 0.6) is 0 Å². The number of non-ortho nitro benzene ring substituents is 1. The van der Waals surface area contributed by atoms with Crippen molar-refractivity contribution in [3.8, 4) is 0 Å². The van der Waals surface area contributed by atoms with Gasteiger partial charge in [0.25, 0.3) is 5.69 Å². The molecule has 1 fully saturated rings. The van der Waals surface area contributed by atoms with Crippen molar-refractivity contribution in [2.75, 3.05) is 13.1 Å². The Labute approximate surface area is 117 Å². The Hall–Kier alpha value is -1.95. The van der Waals surface area contributed by atoms with Crippen LogP contribution < -0.4 is 0 Å². The molecule has 0 amide bonds. The lowest BCUT2D eigenvalue weighted by molar-refractivity contribution is -0.384. The second-order valence-electron chi connectivity index (χ2n) is 5.59. The van der Waals surface area contributed by atoms with Gasteiger partial charge in [-0.3, -0.25) is 19.7 Å². The van der Waals surface area contributed by atoms with Crippen LogP contribution in [0.1, 0.15) is 19.8 Å². The molecule has 1 saturated heterocycles. The van der Waals surface area contributed by atoms with Crippen LogP contribution >= 0.6 is 0 Å². The third-order valence-corrected chi connectivity index (χ3v) is 4.05. The smallest absolute Gasteiger partial charge is 0.271 e. The fourth-order valence-electron chi connectivity index (χ4n) is 2.68. The van der Waals surface area contributed by atoms with Crippen molar-refractivity contribution in [3.05, 3.63) is 34.5 Å². The number of nitrogens with zero attached hydrogens (tertiary/aromatic N) is 4. The van der Waals surface area contributed by atoms with Crippen molar-refractivity contribution in [1.82, 2.24) is 14.7 Å². The molecule has 1 aromatic heterocycles. The van der Waals surface area contributed by atoms with Crippen LogP contribution in [0, 0.1) is 16.0 Å². The highest BCUT2D eigenvalue weighted by Gasteiger charge is 2.17. The average Bonchev–Trinajstić information content (AvgIpc) is 2.84. The largest absolute Gasteiger partial charge is 0.284 e. The third-order valence-electron chi connectivity index (χ3n) is 4.05. The summed E-state index contributed by atoms with van der Waals surface area (Å²) in [5.41, 5.74) is 0.948. The van der Waals surface area contributed by atoms with E-state index in [1.807, 2.05) is 4.68 Å². The number of hydrogen-bond donors (Lipinski definition) is 0. The Morgan fingerprint density at radius 1 is 1.40 bits per heavy atom. The van der Waals surface area contributed by atoms with E-state index in [0.29, 0.717) is 6.67 Å². The minimum Gasteiger partial charge on any atom is -0.284 e. The molecule has 1 aliphatic heterocycles. The van der Waals surface area contributed by atoms with Crippen molar-refractivity contribution < 1.29 is 4.92 Å². The molecule has 2 aromatic rings. The van der Waals surface area contributed by atoms with Gasteiger partial charge in [0.1, 0.15) is 0 Å². The molecular formula is C14H18N4O2. The van der Waals surface area contributed by atoms with Crippen LogP contribution in [0.25, 0.3) is 10.9 Å². The molecule has 0 aliphatic carbocycles. The third kappa shape index (κ3) is 2.51. The normalized spacial score (nSPS) is 17.6. The van der Waals surface area contributed by atoms with Crippen molar-refractivity contribution in [2.24, 2.45) is 5.92 Å². The number of fused-ring (bicyclic) bond motifs is 1. The highest BCUT2D eigenvalue weighted by atomic mass is 16.6. The molecule has 20 heavy (non-hydrogen) atoms. The fourth-order valence-corrected chi connectivity index (χ4v) is 2.68. The van der Waals surface area contributed by atoms with Crippen LogP contribution in [-0.4, -0.2) is 32.7 Å². The Morgan fingerprint density at radius 3 is 2.85 bits per heavy atom. The van der Waals surface area contributed by atoms with E-state index in [1.54, 1.807) is 18.3 Å². The van der Waals surface area contributed by atoms with Crippen LogP contribution in [0.2, 0.25) is 0 Å². The first-order chi connectivity index (χ1) is 9.63. The van der Waals surface area contributed by atoms with Gasteiger partial charge in [0.2, 0.25) is 0 Å². The van der Waals surface area contributed by atoms with E-state index in [2.05, 4.69) is 16.9 Å². The summed E-state index contributed by atoms with van der Waals surface area (Å²) >= 11 is 0. The minimum atomic E-state index is -0.362. The van der Waals surface area contributed by atoms with Crippen molar-refractivity contribution in [3.63, 3.8) is 0 Å². The zero-order chi connectivity index (χ0) is 14.1. The van der Waals surface area contributed by atoms with Gasteiger partial charge in [-0.05, 0) is 24.8 Å². The van der Waals surface area contributed by atoms with Gasteiger partial charge in [-0.1, -0.05) is 6.92 Å². The summed E-state index contributed by atoms with van der Waals surface area (Å²) < 4.78 is 1.86. The molecule has 6 heteroatoms. The average molecular weight is 274 g/mol. The Bertz CT molecular complexity index is 629. The number of hydrogen-bond acceptors (Lipinski definition) is 4. The molecule has 1 aromatic carbocycles. The molecule has 6 nitrogen and oxygen atoms in total. The van der Waals surface area contributed by atoms with Gasteiger partial charge in [-0.15, -0.1) is 0 Å². The number of piperidine rings is 1. The van der Waals surface area contributed by atoms with Gasteiger partial charge in [0, 0.05) is 30.6 Å². The summed E-state index contributed by atoms with van der Waals surface area (Å²) in [4.78, 5) is 12.9. The minimum absolute atomic E-state index is 0.117. The Balaban J connectivity index is 1.84. The number of nitro benzene ring substituents is 1. The first-order valence-corrected chi connectivity index (χ1v) is 6.96. The monoisotopic (exact) mass is 274 g/mol. The van der Waals surface area contributed by atoms with E-state index >= 15 is 0 Å². The molecule has 0 unspecified atom stereocenters. The number of benzene rings is 1. The van der Waals surface area contributed by atoms with E-state index in [1.165, 1.54) is 18.9 Å². The van der Waals surface area contributed by atoms with E-state index in [4.69, 9.17) is 0 Å². The molecule has 106 valence electrons. The molecule has 0 spiro atoms. The van der Waals surface area contributed by atoms with Gasteiger partial charge < -0.3 is 0 Å². The van der Waals surface area contributed by atoms with Crippen LogP contribution in [-0.2, 0) is 6.67 Å². The molecule has 0 atom stereocenters. The van der Waals surface area contributed by atoms with Gasteiger partial charge in [0.15, 0.2) is 0 Å². The summed E-state index contributed by atoms with van der Waals surface area (Å²) in [6.45, 7) is 5.12. The van der Waals surface area contributed by atoms with E-state index in [0.717, 1.165) is 29.9 Å². The van der Waals surface area contributed by atoms with Gasteiger partial charge in [0.05, 0.1) is 23.3 Å². The van der Waals surface area contributed by atoms with Crippen molar-refractivity contribution in [1.29, 1.82) is 0 Å². The second-order valence-corrected chi connectivity index (χ2v) is 5.59. The lowest BCUT2D eigenvalue weighted by Gasteiger charge is -2.30. The molecule has 0 radical (unpaired) electrons. The molecule has 2 heterocycles. The second kappa shape index (κ2) is 5.20. The lowest BCUT2D eigenvalue weighted by atomic mass is 10.00. The molecule has 0 N–H and O–H groups in total. The molecule has 0 bridgehead atoms. The topological polar surface area (TPSA) is 64.2 Å². The first-order valence-electron chi connectivity index (χ1n) is 6.96. The quantitative estimate of drug-likeness (QED) is 0.637. The SMILES string of the molecule is CC1CCN(Cn2ncc3ccc([N+](=O)[O-])cc32)CC1. The number of likely N-dealkylation sites (tertiary alicyclic amines) is 1. The molecular weight excluding hydrogens is 256 g/mol. The number of rotatable bonds is 3. The Kier molecular flexibility index (Phi) is 3.40. The molecule has 1 aliphatic rings. The predicted octanol–water partition coefficient (Wildman–Crippen LogP) is 2.63. The predicted molar refractivity (Wildman–Crippen MR) is 76.4 cm³/mol. The summed E-state index contributed by atoms with van der Waals surface area (Å²) in [6, 6.07) is 4.89. The van der Waals surface area contributed by atoms with Crippen LogP contribution in [0.4, 0.5) is 5.69 Å². The number of aromatic nitrogens is 2. The zero-order valence-electron chi connectivity index (χ0n) is 11.5. The van der Waals surface area contributed by atoms with Gasteiger partial charge >= 0.3 is 0 Å². The van der Waals surface area contributed by atoms with Crippen LogP contribution in [0.15, 0.2) is 24.4 Å². The maximum Gasteiger partial charge on any atom is 0.271 e. The van der Waals surface area contributed by atoms with Gasteiger partial charge in [-0.25, -0.2) is 0 Å². The lowest BCUT2D eigenvalue weighted by Crippen LogP contribution is -2.34. The summed E-state index contributed by atoms with van der Waals surface area (Å²) in [5.74, 6) is 0.793. The first kappa shape index (κ1) is 13.1. The number of nitro groups is 1. The molecule has 0 saturated carbocycles.